The lowest BCUT2D eigenvalue weighted by Gasteiger charge is -2.29. The van der Waals surface area contributed by atoms with Gasteiger partial charge in [0, 0.05) is 6.54 Å². The Morgan fingerprint density at radius 2 is 2.15 bits per heavy atom. The van der Waals surface area contributed by atoms with Gasteiger partial charge in [0.1, 0.15) is 5.69 Å². The molecule has 2 unspecified atom stereocenters. The van der Waals surface area contributed by atoms with E-state index in [1.54, 1.807) is 18.2 Å². The molecular weight excluding hydrogens is 256 g/mol. The molecule has 5 heteroatoms. The third-order valence-corrected chi connectivity index (χ3v) is 4.25. The number of nitro benzene ring substituents is 1. The second-order valence-corrected chi connectivity index (χ2v) is 5.52. The molecule has 1 aromatic carbocycles. The minimum Gasteiger partial charge on any atom is -0.490 e. The Labute approximate surface area is 119 Å². The SMILES string of the molecule is COc1cccc(NCC2CCCCC2C)c1[N+](=O)[O-]. The van der Waals surface area contributed by atoms with E-state index in [2.05, 4.69) is 12.2 Å². The van der Waals surface area contributed by atoms with Crippen molar-refractivity contribution >= 4 is 11.4 Å². The summed E-state index contributed by atoms with van der Waals surface area (Å²) < 4.78 is 5.08. The van der Waals surface area contributed by atoms with Gasteiger partial charge in [-0.05, 0) is 30.4 Å². The zero-order valence-electron chi connectivity index (χ0n) is 12.1. The highest BCUT2D eigenvalue weighted by Gasteiger charge is 2.24. The van der Waals surface area contributed by atoms with Gasteiger partial charge in [0.25, 0.3) is 0 Å². The Balaban J connectivity index is 2.10. The molecule has 1 fully saturated rings. The Morgan fingerprint density at radius 1 is 1.40 bits per heavy atom. The maximum atomic E-state index is 11.2. The first-order chi connectivity index (χ1) is 9.63. The summed E-state index contributed by atoms with van der Waals surface area (Å²) in [5.41, 5.74) is 0.575. The van der Waals surface area contributed by atoms with Crippen molar-refractivity contribution in [1.29, 1.82) is 0 Å². The van der Waals surface area contributed by atoms with E-state index in [-0.39, 0.29) is 10.6 Å². The lowest BCUT2D eigenvalue weighted by molar-refractivity contribution is -0.384. The van der Waals surface area contributed by atoms with E-state index in [1.165, 1.54) is 32.8 Å². The van der Waals surface area contributed by atoms with Gasteiger partial charge in [-0.15, -0.1) is 0 Å². The van der Waals surface area contributed by atoms with Crippen molar-refractivity contribution in [3.05, 3.63) is 28.3 Å². The molecule has 5 nitrogen and oxygen atoms in total. The lowest BCUT2D eigenvalue weighted by atomic mass is 9.80. The molecule has 0 saturated heterocycles. The average Bonchev–Trinajstić information content (AvgIpc) is 2.45. The molecule has 20 heavy (non-hydrogen) atoms. The van der Waals surface area contributed by atoms with Gasteiger partial charge in [0.2, 0.25) is 0 Å². The summed E-state index contributed by atoms with van der Waals surface area (Å²) in [4.78, 5) is 10.8. The number of nitrogens with zero attached hydrogens (tertiary/aromatic N) is 1. The van der Waals surface area contributed by atoms with E-state index >= 15 is 0 Å². The van der Waals surface area contributed by atoms with E-state index in [0.717, 1.165) is 6.54 Å². The van der Waals surface area contributed by atoms with Crippen LogP contribution in [-0.2, 0) is 0 Å². The van der Waals surface area contributed by atoms with E-state index in [4.69, 9.17) is 4.74 Å². The third-order valence-electron chi connectivity index (χ3n) is 4.25. The smallest absolute Gasteiger partial charge is 0.333 e. The lowest BCUT2D eigenvalue weighted by Crippen LogP contribution is -2.24. The van der Waals surface area contributed by atoms with E-state index in [0.29, 0.717) is 23.3 Å². The first kappa shape index (κ1) is 14.6. The maximum absolute atomic E-state index is 11.2. The number of nitrogens with one attached hydrogen (secondary N) is 1. The highest BCUT2D eigenvalue weighted by Crippen LogP contribution is 2.36. The first-order valence-corrected chi connectivity index (χ1v) is 7.18. The molecule has 2 atom stereocenters. The van der Waals surface area contributed by atoms with Crippen molar-refractivity contribution in [2.24, 2.45) is 11.8 Å². The number of benzene rings is 1. The standard InChI is InChI=1S/C15H22N2O3/c1-11-6-3-4-7-12(11)10-16-13-8-5-9-14(20-2)15(13)17(18)19/h5,8-9,11-12,16H,3-4,6-7,10H2,1-2H3. The fourth-order valence-corrected chi connectivity index (χ4v) is 2.96. The van der Waals surface area contributed by atoms with Crippen LogP contribution in [0.2, 0.25) is 0 Å². The number of hydrogen-bond donors (Lipinski definition) is 1. The quantitative estimate of drug-likeness (QED) is 0.656. The summed E-state index contributed by atoms with van der Waals surface area (Å²) in [5, 5.41) is 14.5. The molecule has 1 aliphatic rings. The second-order valence-electron chi connectivity index (χ2n) is 5.52. The summed E-state index contributed by atoms with van der Waals surface area (Å²) in [6.07, 6.45) is 5.02. The van der Waals surface area contributed by atoms with Gasteiger partial charge in [-0.1, -0.05) is 32.3 Å². The highest BCUT2D eigenvalue weighted by molar-refractivity contribution is 5.68. The number of hydrogen-bond acceptors (Lipinski definition) is 4. The van der Waals surface area contributed by atoms with E-state index in [1.807, 2.05) is 0 Å². The molecule has 1 saturated carbocycles. The normalized spacial score (nSPS) is 22.3. The fourth-order valence-electron chi connectivity index (χ4n) is 2.96. The van der Waals surface area contributed by atoms with Crippen LogP contribution in [0.1, 0.15) is 32.6 Å². The topological polar surface area (TPSA) is 64.4 Å². The van der Waals surface area contributed by atoms with Crippen LogP contribution in [0.5, 0.6) is 5.75 Å². The molecule has 0 aromatic heterocycles. The summed E-state index contributed by atoms with van der Waals surface area (Å²) in [5.74, 6) is 1.58. The van der Waals surface area contributed by atoms with E-state index in [9.17, 15) is 10.1 Å². The predicted molar refractivity (Wildman–Crippen MR) is 79.3 cm³/mol. The van der Waals surface area contributed by atoms with Crippen LogP contribution < -0.4 is 10.1 Å². The third kappa shape index (κ3) is 3.21. The van der Waals surface area contributed by atoms with Gasteiger partial charge in [0.05, 0.1) is 12.0 Å². The van der Waals surface area contributed by atoms with Crippen molar-refractivity contribution in [2.75, 3.05) is 19.0 Å². The number of para-hydroxylation sites is 1. The van der Waals surface area contributed by atoms with Crippen LogP contribution in [0.3, 0.4) is 0 Å². The molecule has 0 amide bonds. The number of anilines is 1. The van der Waals surface area contributed by atoms with Crippen molar-refractivity contribution in [3.8, 4) is 5.75 Å². The summed E-state index contributed by atoms with van der Waals surface area (Å²) in [7, 11) is 1.45. The minimum atomic E-state index is -0.383. The fraction of sp³-hybridized carbons (Fsp3) is 0.600. The highest BCUT2D eigenvalue weighted by atomic mass is 16.6. The monoisotopic (exact) mass is 278 g/mol. The zero-order chi connectivity index (χ0) is 14.5. The van der Waals surface area contributed by atoms with E-state index < -0.39 is 0 Å². The Bertz CT molecular complexity index is 476. The Morgan fingerprint density at radius 3 is 2.80 bits per heavy atom. The second kappa shape index (κ2) is 6.59. The average molecular weight is 278 g/mol. The van der Waals surface area contributed by atoms with Crippen molar-refractivity contribution < 1.29 is 9.66 Å². The number of methoxy groups -OCH3 is 1. The van der Waals surface area contributed by atoms with Crippen LogP contribution in [0.15, 0.2) is 18.2 Å². The van der Waals surface area contributed by atoms with Gasteiger partial charge in [-0.3, -0.25) is 10.1 Å². The molecule has 0 aliphatic heterocycles. The molecule has 110 valence electrons. The Hall–Kier alpha value is -1.78. The summed E-state index contributed by atoms with van der Waals surface area (Å²) >= 11 is 0. The number of nitro groups is 1. The van der Waals surface area contributed by atoms with Crippen LogP contribution >= 0.6 is 0 Å². The van der Waals surface area contributed by atoms with Gasteiger partial charge >= 0.3 is 5.69 Å². The van der Waals surface area contributed by atoms with Crippen molar-refractivity contribution in [3.63, 3.8) is 0 Å². The largest absolute Gasteiger partial charge is 0.490 e. The van der Waals surface area contributed by atoms with Crippen LogP contribution in [0, 0.1) is 22.0 Å². The molecule has 1 aliphatic carbocycles. The maximum Gasteiger partial charge on any atom is 0.333 e. The zero-order valence-corrected chi connectivity index (χ0v) is 12.1. The van der Waals surface area contributed by atoms with Crippen LogP contribution in [0.25, 0.3) is 0 Å². The Kier molecular flexibility index (Phi) is 4.82. The van der Waals surface area contributed by atoms with Crippen LogP contribution in [0.4, 0.5) is 11.4 Å². The molecule has 0 radical (unpaired) electrons. The van der Waals surface area contributed by atoms with Crippen molar-refractivity contribution in [2.45, 2.75) is 32.6 Å². The van der Waals surface area contributed by atoms with Crippen molar-refractivity contribution in [1.82, 2.24) is 0 Å². The van der Waals surface area contributed by atoms with Gasteiger partial charge in [-0.2, -0.15) is 0 Å². The molecule has 0 heterocycles. The predicted octanol–water partition coefficient (Wildman–Crippen LogP) is 3.84. The molecular formula is C15H22N2O3. The van der Waals surface area contributed by atoms with Gasteiger partial charge in [-0.25, -0.2) is 0 Å². The molecule has 1 aromatic rings. The summed E-state index contributed by atoms with van der Waals surface area (Å²) in [6, 6.07) is 5.14. The molecule has 1 N–H and O–H groups in total. The molecule has 0 bridgehead atoms. The van der Waals surface area contributed by atoms with Gasteiger partial charge < -0.3 is 10.1 Å². The minimum absolute atomic E-state index is 0.0264. The van der Waals surface area contributed by atoms with Gasteiger partial charge in [0.15, 0.2) is 5.75 Å². The number of ether oxygens (including phenoxy) is 1. The van der Waals surface area contributed by atoms with Crippen LogP contribution in [-0.4, -0.2) is 18.6 Å². The molecule has 0 spiro atoms. The molecule has 2 rings (SSSR count). The first-order valence-electron chi connectivity index (χ1n) is 7.18. The summed E-state index contributed by atoms with van der Waals surface area (Å²) in [6.45, 7) is 3.06. The number of rotatable bonds is 5.